The van der Waals surface area contributed by atoms with E-state index in [1.54, 1.807) is 0 Å². The van der Waals surface area contributed by atoms with E-state index in [0.29, 0.717) is 5.92 Å². The summed E-state index contributed by atoms with van der Waals surface area (Å²) < 4.78 is 0. The van der Waals surface area contributed by atoms with E-state index < -0.39 is 5.60 Å². The van der Waals surface area contributed by atoms with Crippen molar-refractivity contribution in [2.45, 2.75) is 77.2 Å². The lowest BCUT2D eigenvalue weighted by atomic mass is 9.50. The van der Waals surface area contributed by atoms with Crippen molar-refractivity contribution in [3.63, 3.8) is 0 Å². The Labute approximate surface area is 135 Å². The summed E-state index contributed by atoms with van der Waals surface area (Å²) in [4.78, 5) is 0. The predicted octanol–water partition coefficient (Wildman–Crippen LogP) is 4.70. The van der Waals surface area contributed by atoms with Crippen LogP contribution in [0.5, 0.6) is 0 Å². The molecule has 1 N–H and O–H groups in total. The van der Waals surface area contributed by atoms with Crippen LogP contribution in [0.15, 0.2) is 11.1 Å². The van der Waals surface area contributed by atoms with Gasteiger partial charge >= 0.3 is 0 Å². The van der Waals surface area contributed by atoms with Gasteiger partial charge in [0.2, 0.25) is 0 Å². The Morgan fingerprint density at radius 3 is 2.73 bits per heavy atom. The molecular weight excluding hydrogens is 268 g/mol. The Balaban J connectivity index is 1.72. The van der Waals surface area contributed by atoms with Crippen LogP contribution in [0.2, 0.25) is 0 Å². The van der Waals surface area contributed by atoms with Gasteiger partial charge < -0.3 is 5.11 Å². The van der Waals surface area contributed by atoms with E-state index in [2.05, 4.69) is 19.8 Å². The van der Waals surface area contributed by atoms with Gasteiger partial charge in [0, 0.05) is 5.41 Å². The first-order chi connectivity index (χ1) is 10.5. The van der Waals surface area contributed by atoms with Gasteiger partial charge in [0.15, 0.2) is 0 Å². The van der Waals surface area contributed by atoms with E-state index in [1.807, 2.05) is 11.1 Å². The highest BCUT2D eigenvalue weighted by Crippen LogP contribution is 2.65. The minimum Gasteiger partial charge on any atom is -0.377 e. The predicted molar refractivity (Wildman–Crippen MR) is 90.1 cm³/mol. The second-order valence-electron chi connectivity index (χ2n) is 8.81. The van der Waals surface area contributed by atoms with Crippen molar-refractivity contribution < 1.29 is 5.11 Å². The number of terminal acetylenes is 1. The van der Waals surface area contributed by atoms with E-state index in [1.165, 1.54) is 38.5 Å². The molecule has 22 heavy (non-hydrogen) atoms. The maximum atomic E-state index is 11.0. The lowest BCUT2D eigenvalue weighted by molar-refractivity contribution is -0.0807. The Kier molecular flexibility index (Phi) is 3.29. The molecule has 6 atom stereocenters. The molecule has 4 unspecified atom stereocenters. The van der Waals surface area contributed by atoms with Crippen molar-refractivity contribution in [3.8, 4) is 12.3 Å². The molecule has 0 bridgehead atoms. The number of hydrogen-bond acceptors (Lipinski definition) is 1. The lowest BCUT2D eigenvalue weighted by Gasteiger charge is -2.55. The molecule has 0 heterocycles. The van der Waals surface area contributed by atoms with Gasteiger partial charge in [0.25, 0.3) is 0 Å². The van der Waals surface area contributed by atoms with Crippen LogP contribution in [0, 0.1) is 41.4 Å². The minimum atomic E-state index is -0.858. The van der Waals surface area contributed by atoms with Gasteiger partial charge in [-0.3, -0.25) is 0 Å². The highest BCUT2D eigenvalue weighted by molar-refractivity contribution is 5.30. The average molecular weight is 298 g/mol. The van der Waals surface area contributed by atoms with Crippen molar-refractivity contribution in [3.05, 3.63) is 11.1 Å². The van der Waals surface area contributed by atoms with Crippen LogP contribution in [0.3, 0.4) is 0 Å². The molecule has 4 aliphatic carbocycles. The molecule has 1 nitrogen and oxygen atoms in total. The van der Waals surface area contributed by atoms with E-state index in [0.717, 1.165) is 37.0 Å². The van der Waals surface area contributed by atoms with Crippen molar-refractivity contribution in [1.29, 1.82) is 0 Å². The highest BCUT2D eigenvalue weighted by Gasteiger charge is 2.62. The van der Waals surface area contributed by atoms with Crippen LogP contribution in [0.1, 0.15) is 71.6 Å². The van der Waals surface area contributed by atoms with Crippen LogP contribution in [0.25, 0.3) is 0 Å². The molecular formula is C21H30O. The van der Waals surface area contributed by atoms with E-state index in [4.69, 9.17) is 6.42 Å². The smallest absolute Gasteiger partial charge is 0.130 e. The highest BCUT2D eigenvalue weighted by atomic mass is 16.3. The van der Waals surface area contributed by atoms with Crippen LogP contribution in [-0.4, -0.2) is 10.7 Å². The number of fused-ring (bicyclic) bond motifs is 4. The van der Waals surface area contributed by atoms with Gasteiger partial charge in [-0.2, -0.15) is 0 Å². The van der Waals surface area contributed by atoms with Gasteiger partial charge in [-0.1, -0.05) is 30.9 Å². The van der Waals surface area contributed by atoms with Gasteiger partial charge in [-0.05, 0) is 81.5 Å². The first kappa shape index (κ1) is 14.8. The Morgan fingerprint density at radius 1 is 1.18 bits per heavy atom. The molecule has 2 fully saturated rings. The molecule has 0 spiro atoms. The average Bonchev–Trinajstić information content (AvgIpc) is 2.80. The Bertz CT molecular complexity index is 553. The largest absolute Gasteiger partial charge is 0.377 e. The molecule has 0 aliphatic heterocycles. The molecule has 120 valence electrons. The van der Waals surface area contributed by atoms with E-state index in [9.17, 15) is 5.11 Å². The van der Waals surface area contributed by atoms with Crippen molar-refractivity contribution >= 4 is 0 Å². The fourth-order valence-corrected chi connectivity index (χ4v) is 6.85. The standard InChI is InChI=1S/C21H30O/c1-4-21(22)12-10-18-19-14(2)13-15-7-5-6-8-16(15)17(19)9-11-20(18,21)3/h1,14,17-19,22H,5-13H2,2-3H3/t14-,17?,18?,19?,20?,21+/m1/s1. The Morgan fingerprint density at radius 2 is 1.95 bits per heavy atom. The number of rotatable bonds is 0. The number of hydrogen-bond donors (Lipinski definition) is 1. The first-order valence-corrected chi connectivity index (χ1v) is 9.41. The monoisotopic (exact) mass is 298 g/mol. The normalized spacial score (nSPS) is 50.8. The maximum absolute atomic E-state index is 11.0. The molecule has 0 radical (unpaired) electrons. The molecule has 4 aliphatic rings. The fourth-order valence-electron chi connectivity index (χ4n) is 6.85. The topological polar surface area (TPSA) is 20.2 Å². The molecule has 0 aromatic rings. The summed E-state index contributed by atoms with van der Waals surface area (Å²) in [6.07, 6.45) is 16.9. The maximum Gasteiger partial charge on any atom is 0.130 e. The van der Waals surface area contributed by atoms with Crippen LogP contribution in [0.4, 0.5) is 0 Å². The molecule has 0 aromatic heterocycles. The molecule has 0 aromatic carbocycles. The number of allylic oxidation sites excluding steroid dienone is 2. The first-order valence-electron chi connectivity index (χ1n) is 9.41. The quantitative estimate of drug-likeness (QED) is 0.507. The summed E-state index contributed by atoms with van der Waals surface area (Å²) in [6.45, 7) is 4.76. The van der Waals surface area contributed by atoms with Gasteiger partial charge in [-0.25, -0.2) is 0 Å². The zero-order valence-electron chi connectivity index (χ0n) is 14.2. The second kappa shape index (κ2) is 4.88. The van der Waals surface area contributed by atoms with E-state index >= 15 is 0 Å². The molecule has 4 rings (SSSR count). The molecule has 2 saturated carbocycles. The molecule has 0 amide bonds. The Hall–Kier alpha value is -0.740. The summed E-state index contributed by atoms with van der Waals surface area (Å²) in [6, 6.07) is 0. The van der Waals surface area contributed by atoms with Crippen molar-refractivity contribution in [1.82, 2.24) is 0 Å². The summed E-state index contributed by atoms with van der Waals surface area (Å²) in [5.74, 6) is 5.75. The van der Waals surface area contributed by atoms with Gasteiger partial charge in [0.1, 0.15) is 5.60 Å². The van der Waals surface area contributed by atoms with E-state index in [-0.39, 0.29) is 5.41 Å². The SMILES string of the molecule is C#C[C@]1(O)CCC2C3C(CCC21C)C1=C(CCCC1)C[C@H]3C. The van der Waals surface area contributed by atoms with Gasteiger partial charge in [0.05, 0.1) is 0 Å². The number of aliphatic hydroxyl groups is 1. The van der Waals surface area contributed by atoms with Crippen LogP contribution < -0.4 is 0 Å². The lowest BCUT2D eigenvalue weighted by Crippen LogP contribution is -2.52. The van der Waals surface area contributed by atoms with Crippen LogP contribution in [-0.2, 0) is 0 Å². The molecule has 1 heteroatoms. The third-order valence-electron chi connectivity index (χ3n) is 8.02. The minimum absolute atomic E-state index is 0.0517. The summed E-state index contributed by atoms with van der Waals surface area (Å²) in [7, 11) is 0. The zero-order chi connectivity index (χ0) is 15.5. The fraction of sp³-hybridized carbons (Fsp3) is 0.810. The summed E-state index contributed by atoms with van der Waals surface area (Å²) in [5.41, 5.74) is 2.74. The van der Waals surface area contributed by atoms with Crippen LogP contribution >= 0.6 is 0 Å². The summed E-state index contributed by atoms with van der Waals surface area (Å²) in [5, 5.41) is 11.0. The van der Waals surface area contributed by atoms with Gasteiger partial charge in [-0.15, -0.1) is 6.42 Å². The molecule has 0 saturated heterocycles. The second-order valence-corrected chi connectivity index (χ2v) is 8.81. The van der Waals surface area contributed by atoms with Crippen molar-refractivity contribution in [2.75, 3.05) is 0 Å². The summed E-state index contributed by atoms with van der Waals surface area (Å²) >= 11 is 0. The zero-order valence-corrected chi connectivity index (χ0v) is 14.2. The third-order valence-corrected chi connectivity index (χ3v) is 8.02. The third kappa shape index (κ3) is 1.77. The van der Waals surface area contributed by atoms with Crippen molar-refractivity contribution in [2.24, 2.45) is 29.1 Å².